The Hall–Kier alpha value is -3.65. The highest BCUT2D eigenvalue weighted by Crippen LogP contribution is 2.23. The lowest BCUT2D eigenvalue weighted by atomic mass is 10.1. The van der Waals surface area contributed by atoms with E-state index in [-0.39, 0.29) is 17.9 Å². The Morgan fingerprint density at radius 2 is 2.12 bits per heavy atom. The van der Waals surface area contributed by atoms with Gasteiger partial charge in [-0.2, -0.15) is 0 Å². The van der Waals surface area contributed by atoms with Crippen LogP contribution in [0.25, 0.3) is 0 Å². The average molecular weight is 463 g/mol. The van der Waals surface area contributed by atoms with Crippen LogP contribution in [0.2, 0.25) is 0 Å². The number of carbonyl (C=O) groups excluding carboxylic acids is 2. The molecule has 1 N–H and O–H groups in total. The van der Waals surface area contributed by atoms with Crippen molar-refractivity contribution >= 4 is 17.5 Å². The molecule has 1 aliphatic rings. The summed E-state index contributed by atoms with van der Waals surface area (Å²) in [7, 11) is 1.63. The molecule has 1 saturated heterocycles. The van der Waals surface area contributed by atoms with Gasteiger partial charge in [0.05, 0.1) is 19.5 Å². The Bertz CT molecular complexity index is 1090. The Morgan fingerprint density at radius 1 is 1.24 bits per heavy atom. The number of rotatable bonds is 10. The third kappa shape index (κ3) is 6.23. The second-order valence-corrected chi connectivity index (χ2v) is 8.31. The normalized spacial score (nSPS) is 15.1. The quantitative estimate of drug-likeness (QED) is 0.496. The molecule has 3 aromatic rings. The SMILES string of the molecule is COc1ccccc1CN(CC1CCCO1)C(=O)c1cccc(NC(=O)CCn2ccnc2)c1. The van der Waals surface area contributed by atoms with E-state index in [9.17, 15) is 9.59 Å². The number of hydrogen-bond acceptors (Lipinski definition) is 5. The first kappa shape index (κ1) is 23.5. The van der Waals surface area contributed by atoms with Crippen molar-refractivity contribution in [2.24, 2.45) is 0 Å². The van der Waals surface area contributed by atoms with E-state index >= 15 is 0 Å². The average Bonchev–Trinajstić information content (AvgIpc) is 3.57. The summed E-state index contributed by atoms with van der Waals surface area (Å²) in [5.74, 6) is 0.506. The van der Waals surface area contributed by atoms with Crippen molar-refractivity contribution < 1.29 is 19.1 Å². The Labute approximate surface area is 199 Å². The van der Waals surface area contributed by atoms with Crippen LogP contribution in [0.3, 0.4) is 0 Å². The van der Waals surface area contributed by atoms with Crippen molar-refractivity contribution in [3.63, 3.8) is 0 Å². The molecule has 8 heteroatoms. The number of aryl methyl sites for hydroxylation is 1. The van der Waals surface area contributed by atoms with Gasteiger partial charge in [-0.1, -0.05) is 24.3 Å². The van der Waals surface area contributed by atoms with Gasteiger partial charge >= 0.3 is 0 Å². The summed E-state index contributed by atoms with van der Waals surface area (Å²) in [4.78, 5) is 31.7. The fourth-order valence-electron chi connectivity index (χ4n) is 4.08. The maximum atomic E-state index is 13.6. The van der Waals surface area contributed by atoms with Gasteiger partial charge in [0.2, 0.25) is 5.91 Å². The molecule has 1 aliphatic heterocycles. The van der Waals surface area contributed by atoms with Gasteiger partial charge in [-0.05, 0) is 37.1 Å². The van der Waals surface area contributed by atoms with E-state index in [2.05, 4.69) is 10.3 Å². The van der Waals surface area contributed by atoms with Crippen molar-refractivity contribution in [2.45, 2.75) is 38.5 Å². The van der Waals surface area contributed by atoms with Crippen molar-refractivity contribution in [3.05, 3.63) is 78.4 Å². The van der Waals surface area contributed by atoms with Crippen LogP contribution >= 0.6 is 0 Å². The number of para-hydroxylation sites is 1. The minimum absolute atomic E-state index is 0.0183. The Morgan fingerprint density at radius 3 is 2.88 bits per heavy atom. The van der Waals surface area contributed by atoms with Crippen LogP contribution in [0.1, 0.15) is 35.2 Å². The van der Waals surface area contributed by atoms with Crippen LogP contribution in [0.15, 0.2) is 67.3 Å². The zero-order valence-electron chi connectivity index (χ0n) is 19.4. The van der Waals surface area contributed by atoms with E-state index in [0.717, 1.165) is 30.8 Å². The lowest BCUT2D eigenvalue weighted by Crippen LogP contribution is -2.37. The largest absolute Gasteiger partial charge is 0.496 e. The minimum Gasteiger partial charge on any atom is -0.496 e. The lowest BCUT2D eigenvalue weighted by Gasteiger charge is -2.26. The van der Waals surface area contributed by atoms with Crippen molar-refractivity contribution in [1.29, 1.82) is 0 Å². The molecule has 0 saturated carbocycles. The molecule has 2 amide bonds. The van der Waals surface area contributed by atoms with Crippen LogP contribution < -0.4 is 10.1 Å². The van der Waals surface area contributed by atoms with Crippen molar-refractivity contribution in [3.8, 4) is 5.75 Å². The molecule has 8 nitrogen and oxygen atoms in total. The molecule has 0 aliphatic carbocycles. The highest BCUT2D eigenvalue weighted by atomic mass is 16.5. The van der Waals surface area contributed by atoms with Crippen LogP contribution in [0.5, 0.6) is 5.75 Å². The number of aromatic nitrogens is 2. The molecule has 0 radical (unpaired) electrons. The monoisotopic (exact) mass is 462 g/mol. The number of imidazole rings is 1. The predicted molar refractivity (Wildman–Crippen MR) is 129 cm³/mol. The third-order valence-corrected chi connectivity index (χ3v) is 5.84. The number of benzene rings is 2. The number of nitrogens with one attached hydrogen (secondary N) is 1. The van der Waals surface area contributed by atoms with Crippen LogP contribution in [-0.2, 0) is 22.6 Å². The highest BCUT2D eigenvalue weighted by molar-refractivity contribution is 5.97. The van der Waals surface area contributed by atoms with Crippen LogP contribution in [-0.4, -0.2) is 52.6 Å². The molecule has 34 heavy (non-hydrogen) atoms. The molecule has 0 spiro atoms. The molecule has 1 unspecified atom stereocenters. The van der Waals surface area contributed by atoms with Gasteiger partial charge in [0.15, 0.2) is 0 Å². The van der Waals surface area contributed by atoms with Crippen molar-refractivity contribution in [1.82, 2.24) is 14.5 Å². The van der Waals surface area contributed by atoms with Gasteiger partial charge in [-0.25, -0.2) is 4.98 Å². The number of nitrogens with zero attached hydrogens (tertiary/aromatic N) is 3. The molecule has 178 valence electrons. The summed E-state index contributed by atoms with van der Waals surface area (Å²) >= 11 is 0. The molecule has 1 atom stereocenters. The van der Waals surface area contributed by atoms with Crippen LogP contribution in [0.4, 0.5) is 5.69 Å². The molecule has 2 aromatic carbocycles. The number of anilines is 1. The minimum atomic E-state index is -0.122. The first-order chi connectivity index (χ1) is 16.6. The summed E-state index contributed by atoms with van der Waals surface area (Å²) in [6, 6.07) is 14.8. The van der Waals surface area contributed by atoms with Gasteiger partial charge in [-0.15, -0.1) is 0 Å². The van der Waals surface area contributed by atoms with E-state index in [4.69, 9.17) is 9.47 Å². The fourth-order valence-corrected chi connectivity index (χ4v) is 4.08. The number of ether oxygens (including phenoxy) is 2. The van der Waals surface area contributed by atoms with Gasteiger partial charge in [0, 0.05) is 61.9 Å². The molecule has 1 aromatic heterocycles. The van der Waals surface area contributed by atoms with Crippen LogP contribution in [0, 0.1) is 0 Å². The van der Waals surface area contributed by atoms with E-state index in [1.54, 1.807) is 48.8 Å². The number of hydrogen-bond donors (Lipinski definition) is 1. The van der Waals surface area contributed by atoms with E-state index < -0.39 is 0 Å². The first-order valence-corrected chi connectivity index (χ1v) is 11.5. The molecular weight excluding hydrogens is 432 g/mol. The summed E-state index contributed by atoms with van der Waals surface area (Å²) < 4.78 is 13.1. The first-order valence-electron chi connectivity index (χ1n) is 11.5. The highest BCUT2D eigenvalue weighted by Gasteiger charge is 2.24. The van der Waals surface area contributed by atoms with Gasteiger partial charge in [0.1, 0.15) is 5.75 Å². The molecular formula is C26H30N4O4. The van der Waals surface area contributed by atoms with Gasteiger partial charge in [0.25, 0.3) is 5.91 Å². The zero-order valence-corrected chi connectivity index (χ0v) is 19.4. The summed E-state index contributed by atoms with van der Waals surface area (Å²) in [6.07, 6.45) is 7.44. The summed E-state index contributed by atoms with van der Waals surface area (Å²) in [6.45, 7) is 2.17. The fraction of sp³-hybridized carbons (Fsp3) is 0.346. The number of methoxy groups -OCH3 is 1. The molecule has 2 heterocycles. The van der Waals surface area contributed by atoms with Gasteiger partial charge in [-0.3, -0.25) is 9.59 Å². The lowest BCUT2D eigenvalue weighted by molar-refractivity contribution is -0.116. The standard InChI is InChI=1S/C26H30N4O4/c1-33-24-10-3-2-6-21(24)17-30(18-23-9-5-15-34-23)26(32)20-7-4-8-22(16-20)28-25(31)11-13-29-14-12-27-19-29/h2-4,6-8,10,12,14,16,19,23H,5,9,11,13,15,17-18H2,1H3,(H,28,31). The zero-order chi connectivity index (χ0) is 23.8. The smallest absolute Gasteiger partial charge is 0.254 e. The topological polar surface area (TPSA) is 85.7 Å². The maximum Gasteiger partial charge on any atom is 0.254 e. The Kier molecular flexibility index (Phi) is 7.93. The third-order valence-electron chi connectivity index (χ3n) is 5.84. The van der Waals surface area contributed by atoms with E-state index in [1.807, 2.05) is 35.0 Å². The Balaban J connectivity index is 1.47. The van der Waals surface area contributed by atoms with E-state index in [0.29, 0.717) is 37.3 Å². The second-order valence-electron chi connectivity index (χ2n) is 8.31. The van der Waals surface area contributed by atoms with Gasteiger partial charge < -0.3 is 24.3 Å². The van der Waals surface area contributed by atoms with E-state index in [1.165, 1.54) is 0 Å². The van der Waals surface area contributed by atoms with Crippen molar-refractivity contribution in [2.75, 3.05) is 25.6 Å². The summed E-state index contributed by atoms with van der Waals surface area (Å²) in [5, 5.41) is 2.89. The number of carbonyl (C=O) groups is 2. The summed E-state index contributed by atoms with van der Waals surface area (Å²) in [5.41, 5.74) is 2.04. The number of amides is 2. The maximum absolute atomic E-state index is 13.6. The molecule has 0 bridgehead atoms. The second kappa shape index (κ2) is 11.5. The predicted octanol–water partition coefficient (Wildman–Crippen LogP) is 3.74. The molecule has 1 fully saturated rings. The molecule has 4 rings (SSSR count).